The van der Waals surface area contributed by atoms with E-state index in [4.69, 9.17) is 5.73 Å². The van der Waals surface area contributed by atoms with Crippen LogP contribution in [0.2, 0.25) is 0 Å². The highest BCUT2D eigenvalue weighted by atomic mass is 35.5. The number of nitrogens with one attached hydrogen (secondary N) is 1. The van der Waals surface area contributed by atoms with E-state index in [1.165, 1.54) is 25.7 Å². The second-order valence-electron chi connectivity index (χ2n) is 7.20. The fraction of sp³-hybridized carbons (Fsp3) is 0.938. The molecular weight excluding hydrogens is 272 g/mol. The smallest absolute Gasteiger partial charge is 0.223 e. The minimum absolute atomic E-state index is 0. The van der Waals surface area contributed by atoms with Crippen LogP contribution in [0.25, 0.3) is 0 Å². The van der Waals surface area contributed by atoms with Crippen LogP contribution in [0.5, 0.6) is 0 Å². The third-order valence-corrected chi connectivity index (χ3v) is 5.19. The zero-order valence-corrected chi connectivity index (χ0v) is 13.8. The summed E-state index contributed by atoms with van der Waals surface area (Å²) in [6.07, 6.45) is 8.48. The van der Waals surface area contributed by atoms with Gasteiger partial charge in [0.05, 0.1) is 0 Å². The molecule has 3 nitrogen and oxygen atoms in total. The van der Waals surface area contributed by atoms with Crippen LogP contribution in [-0.4, -0.2) is 19.0 Å². The van der Waals surface area contributed by atoms with Crippen LogP contribution in [0.1, 0.15) is 58.8 Å². The Labute approximate surface area is 129 Å². The topological polar surface area (TPSA) is 55.1 Å². The molecule has 20 heavy (non-hydrogen) atoms. The van der Waals surface area contributed by atoms with E-state index in [1.54, 1.807) is 0 Å². The van der Waals surface area contributed by atoms with Gasteiger partial charge in [-0.05, 0) is 55.9 Å². The number of halogens is 1. The Morgan fingerprint density at radius 1 is 1.30 bits per heavy atom. The predicted molar refractivity (Wildman–Crippen MR) is 85.9 cm³/mol. The average molecular weight is 303 g/mol. The molecule has 118 valence electrons. The van der Waals surface area contributed by atoms with Crippen molar-refractivity contribution in [2.45, 2.75) is 58.8 Å². The zero-order valence-electron chi connectivity index (χ0n) is 13.0. The largest absolute Gasteiger partial charge is 0.355 e. The lowest BCUT2D eigenvalue weighted by Crippen LogP contribution is -2.45. The molecule has 4 heteroatoms. The molecule has 0 aromatic heterocycles. The molecule has 0 bridgehead atoms. The van der Waals surface area contributed by atoms with Crippen molar-refractivity contribution in [1.82, 2.24) is 5.32 Å². The predicted octanol–water partition coefficient (Wildman–Crippen LogP) is 3.12. The van der Waals surface area contributed by atoms with Crippen LogP contribution in [-0.2, 0) is 4.79 Å². The van der Waals surface area contributed by atoms with Gasteiger partial charge in [0, 0.05) is 12.5 Å². The lowest BCUT2D eigenvalue weighted by molar-refractivity contribution is -0.127. The highest BCUT2D eigenvalue weighted by molar-refractivity contribution is 5.85. The molecular formula is C16H31ClN2O. The standard InChI is InChI=1S/C16H30N2O.ClH/c1-12(2)9-16(7-4-8-16)11-18-15(19)14-6-3-5-13(14)10-17;/h12-14H,3-11,17H2,1-2H3,(H,18,19);1H/t13-,14-;/m1./s1. The van der Waals surface area contributed by atoms with Crippen LogP contribution < -0.4 is 11.1 Å². The minimum Gasteiger partial charge on any atom is -0.355 e. The first-order valence-electron chi connectivity index (χ1n) is 8.04. The van der Waals surface area contributed by atoms with Crippen LogP contribution in [0, 0.1) is 23.2 Å². The molecule has 2 aliphatic rings. The van der Waals surface area contributed by atoms with Gasteiger partial charge in [0.15, 0.2) is 0 Å². The molecule has 0 aromatic carbocycles. The van der Waals surface area contributed by atoms with E-state index in [0.29, 0.717) is 17.9 Å². The Bertz CT molecular complexity index is 316. The monoisotopic (exact) mass is 302 g/mol. The molecule has 0 aromatic rings. The van der Waals surface area contributed by atoms with Crippen molar-refractivity contribution in [3.05, 3.63) is 0 Å². The van der Waals surface area contributed by atoms with E-state index >= 15 is 0 Å². The van der Waals surface area contributed by atoms with Gasteiger partial charge in [-0.2, -0.15) is 0 Å². The molecule has 2 atom stereocenters. The first-order valence-corrected chi connectivity index (χ1v) is 8.04. The van der Waals surface area contributed by atoms with Gasteiger partial charge in [-0.25, -0.2) is 0 Å². The number of amides is 1. The SMILES string of the molecule is CC(C)CC1(CNC(=O)[C@@H]2CCC[C@@H]2CN)CCC1.Cl. The van der Waals surface area contributed by atoms with Gasteiger partial charge in [0.2, 0.25) is 5.91 Å². The van der Waals surface area contributed by atoms with Crippen LogP contribution in [0.15, 0.2) is 0 Å². The quantitative estimate of drug-likeness (QED) is 0.792. The Morgan fingerprint density at radius 3 is 2.50 bits per heavy atom. The van der Waals surface area contributed by atoms with E-state index in [-0.39, 0.29) is 24.2 Å². The Balaban J connectivity index is 0.00000200. The lowest BCUT2D eigenvalue weighted by Gasteiger charge is -2.43. The van der Waals surface area contributed by atoms with Gasteiger partial charge in [0.1, 0.15) is 0 Å². The summed E-state index contributed by atoms with van der Waals surface area (Å²) in [5.74, 6) is 1.59. The van der Waals surface area contributed by atoms with E-state index in [9.17, 15) is 4.79 Å². The van der Waals surface area contributed by atoms with Gasteiger partial charge < -0.3 is 11.1 Å². The normalized spacial score (nSPS) is 27.8. The summed E-state index contributed by atoms with van der Waals surface area (Å²) < 4.78 is 0. The molecule has 0 heterocycles. The molecule has 0 radical (unpaired) electrons. The van der Waals surface area contributed by atoms with Crippen LogP contribution >= 0.6 is 12.4 Å². The summed E-state index contributed by atoms with van der Waals surface area (Å²) in [7, 11) is 0. The summed E-state index contributed by atoms with van der Waals surface area (Å²) in [5.41, 5.74) is 6.17. The number of nitrogens with two attached hydrogens (primary N) is 1. The minimum atomic E-state index is 0. The molecule has 2 rings (SSSR count). The summed E-state index contributed by atoms with van der Waals surface area (Å²) in [4.78, 5) is 12.3. The van der Waals surface area contributed by atoms with Crippen molar-refractivity contribution in [1.29, 1.82) is 0 Å². The van der Waals surface area contributed by atoms with Crippen molar-refractivity contribution >= 4 is 18.3 Å². The summed E-state index contributed by atoms with van der Waals surface area (Å²) in [6.45, 7) is 6.11. The first-order chi connectivity index (χ1) is 9.06. The lowest BCUT2D eigenvalue weighted by atomic mass is 9.64. The highest BCUT2D eigenvalue weighted by Crippen LogP contribution is 2.45. The van der Waals surface area contributed by atoms with Crippen molar-refractivity contribution < 1.29 is 4.79 Å². The van der Waals surface area contributed by atoms with Gasteiger partial charge in [0.25, 0.3) is 0 Å². The molecule has 3 N–H and O–H groups in total. The van der Waals surface area contributed by atoms with E-state index in [2.05, 4.69) is 19.2 Å². The van der Waals surface area contributed by atoms with Crippen molar-refractivity contribution in [3.8, 4) is 0 Å². The Kier molecular flexibility index (Phi) is 6.80. The van der Waals surface area contributed by atoms with Crippen molar-refractivity contribution in [2.24, 2.45) is 28.9 Å². The summed E-state index contributed by atoms with van der Waals surface area (Å²) in [5, 5.41) is 3.24. The van der Waals surface area contributed by atoms with Crippen molar-refractivity contribution in [2.75, 3.05) is 13.1 Å². The second-order valence-corrected chi connectivity index (χ2v) is 7.20. The van der Waals surface area contributed by atoms with E-state index in [1.807, 2.05) is 0 Å². The zero-order chi connectivity index (χ0) is 13.9. The fourth-order valence-electron chi connectivity index (χ4n) is 4.07. The number of carbonyl (C=O) groups excluding carboxylic acids is 1. The van der Waals surface area contributed by atoms with Gasteiger partial charge in [-0.3, -0.25) is 4.79 Å². The third kappa shape index (κ3) is 4.11. The maximum atomic E-state index is 12.3. The first kappa shape index (κ1) is 17.8. The Hall–Kier alpha value is -0.280. The number of carbonyl (C=O) groups is 1. The second kappa shape index (κ2) is 7.65. The third-order valence-electron chi connectivity index (χ3n) is 5.19. The average Bonchev–Trinajstić information content (AvgIpc) is 2.79. The molecule has 2 saturated carbocycles. The maximum absolute atomic E-state index is 12.3. The Morgan fingerprint density at radius 2 is 2.00 bits per heavy atom. The maximum Gasteiger partial charge on any atom is 0.223 e. The molecule has 0 spiro atoms. The summed E-state index contributed by atoms with van der Waals surface area (Å²) in [6, 6.07) is 0. The number of hydrogen-bond acceptors (Lipinski definition) is 2. The number of hydrogen-bond donors (Lipinski definition) is 2. The van der Waals surface area contributed by atoms with Crippen molar-refractivity contribution in [3.63, 3.8) is 0 Å². The van der Waals surface area contributed by atoms with Gasteiger partial charge >= 0.3 is 0 Å². The molecule has 2 fully saturated rings. The highest BCUT2D eigenvalue weighted by Gasteiger charge is 2.39. The fourth-order valence-corrected chi connectivity index (χ4v) is 4.07. The van der Waals surface area contributed by atoms with E-state index in [0.717, 1.165) is 31.7 Å². The van der Waals surface area contributed by atoms with Crippen LogP contribution in [0.4, 0.5) is 0 Å². The molecule has 0 aliphatic heterocycles. The molecule has 0 saturated heterocycles. The number of rotatable bonds is 6. The molecule has 0 unspecified atom stereocenters. The van der Waals surface area contributed by atoms with Crippen LogP contribution in [0.3, 0.4) is 0 Å². The van der Waals surface area contributed by atoms with E-state index < -0.39 is 0 Å². The molecule has 1 amide bonds. The molecule has 2 aliphatic carbocycles. The van der Waals surface area contributed by atoms with Gasteiger partial charge in [-0.1, -0.05) is 26.7 Å². The summed E-state index contributed by atoms with van der Waals surface area (Å²) >= 11 is 0. The van der Waals surface area contributed by atoms with Gasteiger partial charge in [-0.15, -0.1) is 12.4 Å².